The Morgan fingerprint density at radius 3 is 2.55 bits per heavy atom. The lowest BCUT2D eigenvalue weighted by atomic mass is 9.94. The summed E-state index contributed by atoms with van der Waals surface area (Å²) < 4.78 is 0. The van der Waals surface area contributed by atoms with Gasteiger partial charge in [0.1, 0.15) is 6.54 Å². The van der Waals surface area contributed by atoms with Gasteiger partial charge >= 0.3 is 0 Å². The molecule has 0 aliphatic heterocycles. The molecule has 5 nitrogen and oxygen atoms in total. The molecule has 1 unspecified atom stereocenters. The summed E-state index contributed by atoms with van der Waals surface area (Å²) in [4.78, 5) is 25.4. The third kappa shape index (κ3) is 6.16. The fourth-order valence-corrected chi connectivity index (χ4v) is 4.08. The number of amides is 1. The van der Waals surface area contributed by atoms with Crippen molar-refractivity contribution in [3.8, 4) is 0 Å². The van der Waals surface area contributed by atoms with Gasteiger partial charge < -0.3 is 15.5 Å². The Kier molecular flexibility index (Phi) is 7.42. The molecule has 29 heavy (non-hydrogen) atoms. The molecule has 0 saturated heterocycles. The SMILES string of the molecule is CC(=O)c1cccc(NC(=O)CNc2ccccc2C[NH+](C)C2CCCCC2)c1. The first-order chi connectivity index (χ1) is 14.0. The highest BCUT2D eigenvalue weighted by Crippen LogP contribution is 2.18. The molecule has 1 aliphatic rings. The fraction of sp³-hybridized carbons (Fsp3) is 0.417. The van der Waals surface area contributed by atoms with Crippen LogP contribution in [0, 0.1) is 0 Å². The van der Waals surface area contributed by atoms with Gasteiger partial charge in [-0.25, -0.2) is 0 Å². The van der Waals surface area contributed by atoms with Crippen LogP contribution < -0.4 is 15.5 Å². The summed E-state index contributed by atoms with van der Waals surface area (Å²) in [5.41, 5.74) is 3.48. The lowest BCUT2D eigenvalue weighted by molar-refractivity contribution is -0.921. The number of anilines is 2. The Labute approximate surface area is 173 Å². The van der Waals surface area contributed by atoms with Crippen molar-refractivity contribution in [2.75, 3.05) is 24.2 Å². The molecule has 2 aromatic rings. The Morgan fingerprint density at radius 2 is 1.79 bits per heavy atom. The Hall–Kier alpha value is -2.66. The summed E-state index contributed by atoms with van der Waals surface area (Å²) in [6.45, 7) is 2.66. The van der Waals surface area contributed by atoms with Crippen molar-refractivity contribution in [3.05, 3.63) is 59.7 Å². The second-order valence-electron chi connectivity index (χ2n) is 8.05. The third-order valence-corrected chi connectivity index (χ3v) is 5.78. The van der Waals surface area contributed by atoms with Gasteiger partial charge in [0.05, 0.1) is 19.6 Å². The average molecular weight is 395 g/mol. The van der Waals surface area contributed by atoms with E-state index in [9.17, 15) is 9.59 Å². The van der Waals surface area contributed by atoms with Crippen molar-refractivity contribution >= 4 is 23.1 Å². The van der Waals surface area contributed by atoms with Crippen LogP contribution in [0.5, 0.6) is 0 Å². The van der Waals surface area contributed by atoms with E-state index in [4.69, 9.17) is 0 Å². The number of hydrogen-bond acceptors (Lipinski definition) is 3. The van der Waals surface area contributed by atoms with Crippen molar-refractivity contribution in [1.82, 2.24) is 0 Å². The number of para-hydroxylation sites is 1. The van der Waals surface area contributed by atoms with Crippen LogP contribution in [-0.4, -0.2) is 31.3 Å². The molecule has 3 N–H and O–H groups in total. The number of carbonyl (C=O) groups excluding carboxylic acids is 2. The normalized spacial score (nSPS) is 15.5. The van der Waals surface area contributed by atoms with Gasteiger partial charge in [0, 0.05) is 22.5 Å². The number of rotatable bonds is 8. The van der Waals surface area contributed by atoms with E-state index in [1.165, 1.54) is 44.6 Å². The van der Waals surface area contributed by atoms with Crippen molar-refractivity contribution in [2.45, 2.75) is 51.6 Å². The molecule has 5 heteroatoms. The van der Waals surface area contributed by atoms with Crippen LogP contribution in [0.15, 0.2) is 48.5 Å². The Bertz CT molecular complexity index is 844. The number of nitrogens with one attached hydrogen (secondary N) is 3. The second-order valence-corrected chi connectivity index (χ2v) is 8.05. The van der Waals surface area contributed by atoms with Crippen LogP contribution in [0.25, 0.3) is 0 Å². The number of benzene rings is 2. The van der Waals surface area contributed by atoms with E-state index in [1.54, 1.807) is 29.2 Å². The first-order valence-corrected chi connectivity index (χ1v) is 10.6. The first kappa shape index (κ1) is 21.1. The quantitative estimate of drug-likeness (QED) is 0.602. The van der Waals surface area contributed by atoms with Crippen molar-refractivity contribution in [3.63, 3.8) is 0 Å². The monoisotopic (exact) mass is 394 g/mol. The fourth-order valence-electron chi connectivity index (χ4n) is 4.08. The molecular weight excluding hydrogens is 362 g/mol. The predicted octanol–water partition coefficient (Wildman–Crippen LogP) is 3.29. The van der Waals surface area contributed by atoms with Crippen LogP contribution in [0.4, 0.5) is 11.4 Å². The summed E-state index contributed by atoms with van der Waals surface area (Å²) in [5.74, 6) is -0.147. The average Bonchev–Trinajstić information content (AvgIpc) is 2.74. The molecule has 1 saturated carbocycles. The topological polar surface area (TPSA) is 62.6 Å². The molecule has 154 valence electrons. The number of quaternary nitrogens is 1. The van der Waals surface area contributed by atoms with Crippen LogP contribution >= 0.6 is 0 Å². The molecule has 1 amide bonds. The van der Waals surface area contributed by atoms with E-state index < -0.39 is 0 Å². The molecule has 2 aromatic carbocycles. The van der Waals surface area contributed by atoms with Gasteiger partial charge in [-0.2, -0.15) is 0 Å². The molecule has 1 atom stereocenters. The molecule has 0 heterocycles. The van der Waals surface area contributed by atoms with Crippen molar-refractivity contribution in [2.24, 2.45) is 0 Å². The maximum Gasteiger partial charge on any atom is 0.243 e. The highest BCUT2D eigenvalue weighted by atomic mass is 16.2. The van der Waals surface area contributed by atoms with Gasteiger partial charge in [-0.05, 0) is 50.8 Å². The standard InChI is InChI=1S/C24H31N3O2/c1-18(28)19-10-8-11-21(15-19)26-24(29)16-25-23-14-7-6-9-20(23)17-27(2)22-12-4-3-5-13-22/h6-11,14-15,22,25H,3-5,12-13,16-17H2,1-2H3,(H,26,29)/p+1. The molecule has 0 spiro atoms. The summed E-state index contributed by atoms with van der Waals surface area (Å²) in [7, 11) is 2.28. The van der Waals surface area contributed by atoms with Gasteiger partial charge in [-0.3, -0.25) is 9.59 Å². The maximum atomic E-state index is 12.4. The van der Waals surface area contributed by atoms with Gasteiger partial charge in [0.15, 0.2) is 5.78 Å². The molecule has 3 rings (SSSR count). The molecule has 0 radical (unpaired) electrons. The van der Waals surface area contributed by atoms with Gasteiger partial charge in [-0.1, -0.05) is 36.8 Å². The summed E-state index contributed by atoms with van der Waals surface area (Å²) in [6.07, 6.45) is 6.67. The van der Waals surface area contributed by atoms with Crippen LogP contribution in [-0.2, 0) is 11.3 Å². The molecule has 1 fully saturated rings. The molecule has 0 aromatic heterocycles. The number of ketones is 1. The Balaban J connectivity index is 1.57. The number of carbonyl (C=O) groups is 2. The Morgan fingerprint density at radius 1 is 1.03 bits per heavy atom. The van der Waals surface area contributed by atoms with E-state index in [-0.39, 0.29) is 18.2 Å². The molecule has 0 bridgehead atoms. The molecular formula is C24H32N3O2+. The highest BCUT2D eigenvalue weighted by Gasteiger charge is 2.22. The van der Waals surface area contributed by atoms with E-state index in [2.05, 4.69) is 29.8 Å². The van der Waals surface area contributed by atoms with E-state index in [0.717, 1.165) is 18.3 Å². The summed E-state index contributed by atoms with van der Waals surface area (Å²) in [6, 6.07) is 16.0. The van der Waals surface area contributed by atoms with Gasteiger partial charge in [0.25, 0.3) is 0 Å². The van der Waals surface area contributed by atoms with Crippen LogP contribution in [0.2, 0.25) is 0 Å². The predicted molar refractivity (Wildman–Crippen MR) is 117 cm³/mol. The highest BCUT2D eigenvalue weighted by molar-refractivity contribution is 5.98. The molecule has 1 aliphatic carbocycles. The van der Waals surface area contributed by atoms with Crippen molar-refractivity contribution < 1.29 is 14.5 Å². The minimum atomic E-state index is -0.131. The minimum absolute atomic E-state index is 0.0160. The largest absolute Gasteiger partial charge is 0.376 e. The number of hydrogen-bond donors (Lipinski definition) is 3. The van der Waals surface area contributed by atoms with E-state index in [0.29, 0.717) is 11.3 Å². The minimum Gasteiger partial charge on any atom is -0.376 e. The lowest BCUT2D eigenvalue weighted by Crippen LogP contribution is -3.11. The zero-order valence-electron chi connectivity index (χ0n) is 17.5. The van der Waals surface area contributed by atoms with Crippen molar-refractivity contribution in [1.29, 1.82) is 0 Å². The summed E-state index contributed by atoms with van der Waals surface area (Å²) in [5, 5.41) is 6.15. The van der Waals surface area contributed by atoms with Gasteiger partial charge in [0.2, 0.25) is 5.91 Å². The third-order valence-electron chi connectivity index (χ3n) is 5.78. The first-order valence-electron chi connectivity index (χ1n) is 10.6. The second kappa shape index (κ2) is 10.2. The summed E-state index contributed by atoms with van der Waals surface area (Å²) >= 11 is 0. The van der Waals surface area contributed by atoms with E-state index in [1.807, 2.05) is 12.1 Å². The lowest BCUT2D eigenvalue weighted by Gasteiger charge is -2.28. The maximum absolute atomic E-state index is 12.4. The number of Topliss-reactive ketones (excluding diaryl/α,β-unsaturated/α-hetero) is 1. The van der Waals surface area contributed by atoms with E-state index >= 15 is 0 Å². The van der Waals surface area contributed by atoms with Crippen LogP contribution in [0.1, 0.15) is 54.9 Å². The zero-order chi connectivity index (χ0) is 20.6. The van der Waals surface area contributed by atoms with Crippen LogP contribution in [0.3, 0.4) is 0 Å². The van der Waals surface area contributed by atoms with Gasteiger partial charge in [-0.15, -0.1) is 0 Å². The zero-order valence-corrected chi connectivity index (χ0v) is 17.5. The smallest absolute Gasteiger partial charge is 0.243 e.